The van der Waals surface area contributed by atoms with Crippen molar-refractivity contribution in [2.75, 3.05) is 5.32 Å². The quantitative estimate of drug-likeness (QED) is 0.639. The van der Waals surface area contributed by atoms with Crippen LogP contribution in [0.15, 0.2) is 48.7 Å². The second kappa shape index (κ2) is 6.21. The van der Waals surface area contributed by atoms with E-state index in [1.54, 1.807) is 0 Å². The molecular formula is C22H29N3. The molecule has 0 radical (unpaired) electrons. The fourth-order valence-corrected chi connectivity index (χ4v) is 3.83. The molecule has 0 saturated heterocycles. The minimum Gasteiger partial charge on any atom is -0.364 e. The molecule has 0 atom stereocenters. The second-order valence-corrected chi connectivity index (χ2v) is 8.80. The maximum atomic E-state index is 4.92. The van der Waals surface area contributed by atoms with Crippen LogP contribution >= 0.6 is 0 Å². The molecule has 3 aromatic rings. The number of benzene rings is 1. The summed E-state index contributed by atoms with van der Waals surface area (Å²) in [5, 5.41) is 3.79. The van der Waals surface area contributed by atoms with Gasteiger partial charge in [0.05, 0.1) is 0 Å². The van der Waals surface area contributed by atoms with Crippen molar-refractivity contribution in [2.24, 2.45) is 5.41 Å². The zero-order valence-electron chi connectivity index (χ0n) is 16.2. The summed E-state index contributed by atoms with van der Waals surface area (Å²) in [6.07, 6.45) is 3.15. The lowest BCUT2D eigenvalue weighted by atomic mass is 9.82. The topological polar surface area (TPSA) is 29.3 Å². The van der Waals surface area contributed by atoms with E-state index in [2.05, 4.69) is 93.9 Å². The van der Waals surface area contributed by atoms with Gasteiger partial charge in [0.15, 0.2) is 0 Å². The average molecular weight is 335 g/mol. The van der Waals surface area contributed by atoms with Crippen molar-refractivity contribution in [1.29, 1.82) is 0 Å². The number of hydrogen-bond donors (Lipinski definition) is 1. The third-order valence-corrected chi connectivity index (χ3v) is 4.36. The summed E-state index contributed by atoms with van der Waals surface area (Å²) >= 11 is 0. The summed E-state index contributed by atoms with van der Waals surface area (Å²) in [7, 11) is 0. The highest BCUT2D eigenvalue weighted by atomic mass is 15.2. The van der Waals surface area contributed by atoms with Gasteiger partial charge < -0.3 is 5.32 Å². The van der Waals surface area contributed by atoms with Gasteiger partial charge in [-0.2, -0.15) is 0 Å². The Morgan fingerprint density at radius 3 is 2.32 bits per heavy atom. The van der Waals surface area contributed by atoms with Gasteiger partial charge in [-0.25, -0.2) is 4.98 Å². The van der Waals surface area contributed by atoms with Crippen LogP contribution in [0.3, 0.4) is 0 Å². The Balaban J connectivity index is 2.13. The maximum absolute atomic E-state index is 4.92. The predicted molar refractivity (Wildman–Crippen MR) is 107 cm³/mol. The summed E-state index contributed by atoms with van der Waals surface area (Å²) in [5.74, 6) is 1.07. The van der Waals surface area contributed by atoms with Crippen molar-refractivity contribution in [1.82, 2.24) is 9.38 Å². The molecule has 3 heteroatoms. The van der Waals surface area contributed by atoms with Crippen LogP contribution in [0, 0.1) is 12.3 Å². The number of rotatable bonds is 4. The molecule has 2 aromatic heterocycles. The summed E-state index contributed by atoms with van der Waals surface area (Å²) in [5.41, 5.74) is 4.62. The molecule has 25 heavy (non-hydrogen) atoms. The number of nitrogens with one attached hydrogen (secondary N) is 1. The molecule has 0 saturated carbocycles. The smallest absolute Gasteiger partial charge is 0.139 e. The number of aromatic nitrogens is 2. The van der Waals surface area contributed by atoms with E-state index in [0.29, 0.717) is 0 Å². The summed E-state index contributed by atoms with van der Waals surface area (Å²) in [6, 6.07) is 14.6. The molecule has 3 nitrogen and oxygen atoms in total. The molecule has 0 amide bonds. The monoisotopic (exact) mass is 335 g/mol. The Labute approximate surface area is 151 Å². The summed E-state index contributed by atoms with van der Waals surface area (Å²) in [4.78, 5) is 4.92. The molecule has 0 bridgehead atoms. The van der Waals surface area contributed by atoms with Crippen LogP contribution in [-0.2, 0) is 0 Å². The highest BCUT2D eigenvalue weighted by Gasteiger charge is 2.28. The van der Waals surface area contributed by atoms with Gasteiger partial charge in [0.2, 0.25) is 0 Å². The second-order valence-electron chi connectivity index (χ2n) is 8.80. The minimum absolute atomic E-state index is 0.0402. The Morgan fingerprint density at radius 1 is 0.960 bits per heavy atom. The lowest BCUT2D eigenvalue weighted by molar-refractivity contribution is 0.302. The Kier molecular flexibility index (Phi) is 4.36. The summed E-state index contributed by atoms with van der Waals surface area (Å²) in [6.45, 7) is 13.5. The van der Waals surface area contributed by atoms with Gasteiger partial charge in [-0.15, -0.1) is 0 Å². The van der Waals surface area contributed by atoms with Crippen LogP contribution in [0.4, 0.5) is 5.82 Å². The fourth-order valence-electron chi connectivity index (χ4n) is 3.83. The number of nitrogens with zero attached hydrogens (tertiary/aromatic N) is 2. The van der Waals surface area contributed by atoms with E-state index in [0.717, 1.165) is 23.6 Å². The third kappa shape index (κ3) is 3.87. The van der Waals surface area contributed by atoms with E-state index in [1.807, 2.05) is 6.07 Å². The van der Waals surface area contributed by atoms with Gasteiger partial charge >= 0.3 is 0 Å². The Morgan fingerprint density at radius 2 is 1.64 bits per heavy atom. The molecule has 2 heterocycles. The van der Waals surface area contributed by atoms with E-state index < -0.39 is 0 Å². The molecule has 1 N–H and O–H groups in total. The molecule has 0 spiro atoms. The fraction of sp³-hybridized carbons (Fsp3) is 0.409. The van der Waals surface area contributed by atoms with Crippen molar-refractivity contribution in [3.8, 4) is 11.3 Å². The van der Waals surface area contributed by atoms with Crippen LogP contribution in [0.2, 0.25) is 0 Å². The normalized spacial score (nSPS) is 12.6. The van der Waals surface area contributed by atoms with E-state index >= 15 is 0 Å². The van der Waals surface area contributed by atoms with Crippen LogP contribution in [0.25, 0.3) is 16.9 Å². The van der Waals surface area contributed by atoms with Crippen LogP contribution in [0.1, 0.15) is 46.6 Å². The number of hydrogen-bond acceptors (Lipinski definition) is 2. The lowest BCUT2D eigenvalue weighted by Crippen LogP contribution is -2.36. The highest BCUT2D eigenvalue weighted by Crippen LogP contribution is 2.35. The molecule has 0 aliphatic heterocycles. The molecule has 0 fully saturated rings. The zero-order chi connectivity index (χ0) is 18.2. The number of imidazole rings is 1. The first-order chi connectivity index (χ1) is 11.7. The van der Waals surface area contributed by atoms with Crippen molar-refractivity contribution in [3.63, 3.8) is 0 Å². The van der Waals surface area contributed by atoms with Crippen molar-refractivity contribution in [3.05, 3.63) is 54.2 Å². The number of pyridine rings is 1. The predicted octanol–water partition coefficient (Wildman–Crippen LogP) is 5.94. The third-order valence-electron chi connectivity index (χ3n) is 4.36. The standard InChI is InChI=1S/C22H29N3/c1-16-11-7-8-12-17(16)19-20(24-22(5,6)15-21(2,3)4)25-14-10-9-13-18(25)23-19/h7-14,24H,15H2,1-6H3. The molecule has 132 valence electrons. The van der Waals surface area contributed by atoms with E-state index in [4.69, 9.17) is 4.98 Å². The molecule has 0 aliphatic carbocycles. The van der Waals surface area contributed by atoms with Gasteiger partial charge in [-0.3, -0.25) is 4.40 Å². The molecule has 0 aliphatic rings. The SMILES string of the molecule is Cc1ccccc1-c1nc2ccccn2c1NC(C)(C)CC(C)(C)C. The van der Waals surface area contributed by atoms with Crippen molar-refractivity contribution < 1.29 is 0 Å². The first-order valence-corrected chi connectivity index (χ1v) is 8.98. The first-order valence-electron chi connectivity index (χ1n) is 8.98. The van der Waals surface area contributed by atoms with E-state index in [1.165, 1.54) is 11.1 Å². The maximum Gasteiger partial charge on any atom is 0.139 e. The van der Waals surface area contributed by atoms with E-state index in [-0.39, 0.29) is 11.0 Å². The number of aryl methyl sites for hydroxylation is 1. The largest absolute Gasteiger partial charge is 0.364 e. The highest BCUT2D eigenvalue weighted by molar-refractivity contribution is 5.78. The molecule has 3 rings (SSSR count). The van der Waals surface area contributed by atoms with Crippen molar-refractivity contribution >= 4 is 11.5 Å². The zero-order valence-corrected chi connectivity index (χ0v) is 16.2. The lowest BCUT2D eigenvalue weighted by Gasteiger charge is -2.34. The van der Waals surface area contributed by atoms with Crippen LogP contribution < -0.4 is 5.32 Å². The molecule has 1 aromatic carbocycles. The van der Waals surface area contributed by atoms with Gasteiger partial charge in [0.1, 0.15) is 17.2 Å². The molecule has 0 unspecified atom stereocenters. The number of anilines is 1. The van der Waals surface area contributed by atoms with Crippen LogP contribution in [0.5, 0.6) is 0 Å². The summed E-state index contributed by atoms with van der Waals surface area (Å²) < 4.78 is 2.16. The molecular weight excluding hydrogens is 306 g/mol. The Hall–Kier alpha value is -2.29. The van der Waals surface area contributed by atoms with Gasteiger partial charge in [0, 0.05) is 17.3 Å². The first kappa shape index (κ1) is 17.5. The minimum atomic E-state index is -0.0402. The van der Waals surface area contributed by atoms with Gasteiger partial charge in [-0.1, -0.05) is 51.1 Å². The van der Waals surface area contributed by atoms with Gasteiger partial charge in [-0.05, 0) is 50.3 Å². The van der Waals surface area contributed by atoms with Crippen molar-refractivity contribution in [2.45, 2.75) is 53.5 Å². The van der Waals surface area contributed by atoms with Crippen LogP contribution in [-0.4, -0.2) is 14.9 Å². The van der Waals surface area contributed by atoms with E-state index in [9.17, 15) is 0 Å². The Bertz CT molecular complexity index is 882. The number of fused-ring (bicyclic) bond motifs is 1. The average Bonchev–Trinajstić information content (AvgIpc) is 2.83. The van der Waals surface area contributed by atoms with Gasteiger partial charge in [0.25, 0.3) is 0 Å².